The summed E-state index contributed by atoms with van der Waals surface area (Å²) in [5.41, 5.74) is -0.689. The first-order chi connectivity index (χ1) is 6.97. The van der Waals surface area contributed by atoms with Crippen molar-refractivity contribution >= 4 is 15.9 Å². The molecule has 15 heavy (non-hydrogen) atoms. The lowest BCUT2D eigenvalue weighted by atomic mass is 10.1. The summed E-state index contributed by atoms with van der Waals surface area (Å²) in [7, 11) is 1.23. The average molecular weight is 287 g/mol. The molecule has 0 N–H and O–H groups in total. The number of ether oxygens (including phenoxy) is 1. The number of hydrogen-bond acceptors (Lipinski definition) is 1. The molecule has 0 aliphatic carbocycles. The lowest BCUT2D eigenvalue weighted by Gasteiger charge is -2.12. The Morgan fingerprint density at radius 1 is 1.20 bits per heavy atom. The van der Waals surface area contributed by atoms with Gasteiger partial charge in [-0.25, -0.2) is 17.6 Å². The highest BCUT2D eigenvalue weighted by Crippen LogP contribution is 2.34. The Hall–Kier alpha value is -0.780. The van der Waals surface area contributed by atoms with Crippen molar-refractivity contribution in [2.24, 2.45) is 0 Å². The first-order valence-electron chi connectivity index (χ1n) is 3.92. The van der Waals surface area contributed by atoms with Crippen molar-refractivity contribution in [3.8, 4) is 5.75 Å². The van der Waals surface area contributed by atoms with Crippen LogP contribution >= 0.6 is 15.9 Å². The fraction of sp³-hybridized carbons (Fsp3) is 0.333. The third-order valence-corrected chi connectivity index (χ3v) is 2.64. The highest BCUT2D eigenvalue weighted by molar-refractivity contribution is 9.09. The Morgan fingerprint density at radius 3 is 2.00 bits per heavy atom. The Balaban J connectivity index is 3.19. The van der Waals surface area contributed by atoms with Gasteiger partial charge in [0.25, 0.3) is 6.43 Å². The Kier molecular flexibility index (Phi) is 3.96. The lowest BCUT2D eigenvalue weighted by Crippen LogP contribution is -2.07. The Labute approximate surface area is 92.2 Å². The molecule has 1 unspecified atom stereocenters. The van der Waals surface area contributed by atoms with Gasteiger partial charge in [0.05, 0.1) is 7.11 Å². The zero-order valence-electron chi connectivity index (χ0n) is 7.61. The van der Waals surface area contributed by atoms with Crippen LogP contribution < -0.4 is 4.74 Å². The van der Waals surface area contributed by atoms with Crippen molar-refractivity contribution in [2.45, 2.75) is 11.3 Å². The fourth-order valence-electron chi connectivity index (χ4n) is 1.07. The quantitative estimate of drug-likeness (QED) is 0.608. The summed E-state index contributed by atoms with van der Waals surface area (Å²) < 4.78 is 55.5. The van der Waals surface area contributed by atoms with Gasteiger partial charge in [-0.05, 0) is 0 Å². The minimum Gasteiger partial charge on any atom is -0.497 e. The van der Waals surface area contributed by atoms with E-state index in [1.165, 1.54) is 7.11 Å². The molecule has 1 rings (SSSR count). The molecule has 1 aromatic rings. The monoisotopic (exact) mass is 286 g/mol. The van der Waals surface area contributed by atoms with Crippen LogP contribution in [0.3, 0.4) is 0 Å². The molecule has 0 aliphatic rings. The maximum Gasteiger partial charge on any atom is 0.255 e. The molecule has 0 radical (unpaired) electrons. The number of rotatable bonds is 3. The predicted octanol–water partition coefficient (Wildman–Crippen LogP) is 3.67. The van der Waals surface area contributed by atoms with E-state index >= 15 is 0 Å². The second-order valence-electron chi connectivity index (χ2n) is 2.74. The average Bonchev–Trinajstić information content (AvgIpc) is 2.16. The van der Waals surface area contributed by atoms with E-state index in [1.54, 1.807) is 0 Å². The molecule has 0 spiro atoms. The smallest absolute Gasteiger partial charge is 0.255 e. The van der Waals surface area contributed by atoms with Crippen LogP contribution in [0.25, 0.3) is 0 Å². The van der Waals surface area contributed by atoms with Gasteiger partial charge < -0.3 is 4.74 Å². The molecule has 0 heterocycles. The maximum atomic E-state index is 13.2. The van der Waals surface area contributed by atoms with Gasteiger partial charge in [0.1, 0.15) is 22.2 Å². The van der Waals surface area contributed by atoms with Gasteiger partial charge >= 0.3 is 0 Å². The molecular formula is C9H7BrF4O. The van der Waals surface area contributed by atoms with Crippen LogP contribution in [0.4, 0.5) is 17.6 Å². The summed E-state index contributed by atoms with van der Waals surface area (Å²) in [6.07, 6.45) is -2.89. The first kappa shape index (κ1) is 12.3. The van der Waals surface area contributed by atoms with Gasteiger partial charge in [-0.1, -0.05) is 15.9 Å². The summed E-state index contributed by atoms with van der Waals surface area (Å²) in [6.45, 7) is 0. The SMILES string of the molecule is COc1cc(F)c(C(Br)C(F)F)c(F)c1. The van der Waals surface area contributed by atoms with Crippen LogP contribution in [0, 0.1) is 11.6 Å². The second-order valence-corrected chi connectivity index (χ2v) is 3.73. The van der Waals surface area contributed by atoms with Gasteiger partial charge in [-0.2, -0.15) is 0 Å². The van der Waals surface area contributed by atoms with Crippen molar-refractivity contribution in [1.29, 1.82) is 0 Å². The minimum atomic E-state index is -2.89. The van der Waals surface area contributed by atoms with Crippen LogP contribution in [-0.2, 0) is 0 Å². The molecule has 0 fully saturated rings. The van der Waals surface area contributed by atoms with Crippen molar-refractivity contribution in [2.75, 3.05) is 7.11 Å². The summed E-state index contributed by atoms with van der Waals surface area (Å²) in [4.78, 5) is -1.66. The van der Waals surface area contributed by atoms with Gasteiger partial charge in [-0.3, -0.25) is 0 Å². The number of hydrogen-bond donors (Lipinski definition) is 0. The van der Waals surface area contributed by atoms with E-state index in [9.17, 15) is 17.6 Å². The zero-order valence-corrected chi connectivity index (χ0v) is 9.19. The fourth-order valence-corrected chi connectivity index (χ4v) is 1.51. The molecule has 84 valence electrons. The van der Waals surface area contributed by atoms with Crippen LogP contribution in [0.5, 0.6) is 5.75 Å². The molecule has 1 nitrogen and oxygen atoms in total. The number of benzene rings is 1. The van der Waals surface area contributed by atoms with E-state index in [4.69, 9.17) is 0 Å². The van der Waals surface area contributed by atoms with Crippen molar-refractivity contribution in [1.82, 2.24) is 0 Å². The van der Waals surface area contributed by atoms with Crippen LogP contribution in [0.15, 0.2) is 12.1 Å². The molecule has 0 bridgehead atoms. The van der Waals surface area contributed by atoms with E-state index in [2.05, 4.69) is 20.7 Å². The molecule has 0 amide bonds. The second kappa shape index (κ2) is 4.83. The van der Waals surface area contributed by atoms with Crippen LogP contribution in [0.1, 0.15) is 10.4 Å². The maximum absolute atomic E-state index is 13.2. The third-order valence-electron chi connectivity index (χ3n) is 1.79. The van der Waals surface area contributed by atoms with E-state index < -0.39 is 28.5 Å². The van der Waals surface area contributed by atoms with E-state index in [0.717, 1.165) is 12.1 Å². The highest BCUT2D eigenvalue weighted by atomic mass is 79.9. The van der Waals surface area contributed by atoms with Gasteiger partial charge in [0.15, 0.2) is 0 Å². The summed E-state index contributed by atoms with van der Waals surface area (Å²) in [5.74, 6) is -2.18. The normalized spacial score (nSPS) is 13.0. The molecule has 0 saturated carbocycles. The lowest BCUT2D eigenvalue weighted by molar-refractivity contribution is 0.144. The number of methoxy groups -OCH3 is 1. The summed E-state index contributed by atoms with van der Waals surface area (Å²) in [6, 6.07) is 1.71. The molecule has 6 heteroatoms. The number of halogens is 5. The summed E-state index contributed by atoms with van der Waals surface area (Å²) >= 11 is 2.53. The van der Waals surface area contributed by atoms with Crippen molar-refractivity contribution in [3.05, 3.63) is 29.3 Å². The van der Waals surface area contributed by atoms with E-state index in [-0.39, 0.29) is 5.75 Å². The van der Waals surface area contributed by atoms with Crippen LogP contribution in [-0.4, -0.2) is 13.5 Å². The largest absolute Gasteiger partial charge is 0.497 e. The Morgan fingerprint density at radius 2 is 1.67 bits per heavy atom. The van der Waals surface area contributed by atoms with Gasteiger partial charge in [0, 0.05) is 17.7 Å². The van der Waals surface area contributed by atoms with E-state index in [1.807, 2.05) is 0 Å². The topological polar surface area (TPSA) is 9.23 Å². The molecular weight excluding hydrogens is 280 g/mol. The minimum absolute atomic E-state index is 0.0530. The molecule has 0 aliphatic heterocycles. The molecule has 1 aromatic carbocycles. The van der Waals surface area contributed by atoms with Crippen molar-refractivity contribution in [3.63, 3.8) is 0 Å². The predicted molar refractivity (Wildman–Crippen MR) is 50.6 cm³/mol. The third kappa shape index (κ3) is 2.62. The zero-order chi connectivity index (χ0) is 11.6. The van der Waals surface area contributed by atoms with Crippen molar-refractivity contribution < 1.29 is 22.3 Å². The summed E-state index contributed by atoms with van der Waals surface area (Å²) in [5, 5.41) is 0. The van der Waals surface area contributed by atoms with Gasteiger partial charge in [0.2, 0.25) is 0 Å². The standard InChI is InChI=1S/C9H7BrF4O/c1-15-4-2-5(11)7(6(12)3-4)8(10)9(13)14/h2-3,8-9H,1H3. The molecule has 0 aromatic heterocycles. The number of alkyl halides is 3. The molecule has 1 atom stereocenters. The van der Waals surface area contributed by atoms with Gasteiger partial charge in [-0.15, -0.1) is 0 Å². The molecule has 0 saturated heterocycles. The van der Waals surface area contributed by atoms with Crippen LogP contribution in [0.2, 0.25) is 0 Å². The highest BCUT2D eigenvalue weighted by Gasteiger charge is 2.26. The first-order valence-corrected chi connectivity index (χ1v) is 4.84. The van der Waals surface area contributed by atoms with E-state index in [0.29, 0.717) is 0 Å². The Bertz CT molecular complexity index is 333.